The minimum Gasteiger partial charge on any atom is -0.397 e. The van der Waals surface area contributed by atoms with E-state index in [1.807, 2.05) is 0 Å². The average Bonchev–Trinajstić information content (AvgIpc) is 3.73. The Balaban J connectivity index is 1.22. The predicted molar refractivity (Wildman–Crippen MR) is 156 cm³/mol. The fraction of sp³-hybridized carbons (Fsp3) is 0.500. The molecule has 10 atom stereocenters. The molecule has 0 aliphatic carbocycles. The number of fused-ring (bicyclic) bond motifs is 2. The Morgan fingerprint density at radius 1 is 1.16 bits per heavy atom. The van der Waals surface area contributed by atoms with Crippen molar-refractivity contribution in [2.75, 3.05) is 24.7 Å². The summed E-state index contributed by atoms with van der Waals surface area (Å²) in [5.41, 5.74) is 11.1. The van der Waals surface area contributed by atoms with Gasteiger partial charge in [0.25, 0.3) is 5.56 Å². The second-order valence-electron chi connectivity index (χ2n) is 9.73. The molecular formula is C20H23F2N10O9P2S2+. The number of anilines is 2. The normalized spacial score (nSPS) is 30.3. The number of nitrogens with zero attached hydrogens (tertiary/aromatic N) is 7. The number of pyridine rings is 1. The molecule has 2 aliphatic rings. The first kappa shape index (κ1) is 32.1. The Labute approximate surface area is 260 Å². The second kappa shape index (κ2) is 12.4. The maximum Gasteiger partial charge on any atom is 0.582 e. The first-order chi connectivity index (χ1) is 21.4. The Bertz CT molecular complexity index is 1870. The molecule has 6 rings (SSSR count). The maximum absolute atomic E-state index is 15.7. The number of alkyl halides is 2. The number of imidazole rings is 1. The predicted octanol–water partition coefficient (Wildman–Crippen LogP) is 0.178. The summed E-state index contributed by atoms with van der Waals surface area (Å²) in [6.07, 6.45) is -10.6. The molecule has 2 saturated heterocycles. The van der Waals surface area contributed by atoms with Gasteiger partial charge in [-0.05, 0) is 22.4 Å². The number of hydrogen-bond acceptors (Lipinski definition) is 16. The molecular weight excluding hydrogens is 688 g/mol. The number of nitrogen functional groups attached to an aromatic ring is 2. The number of thiol groups is 1. The molecule has 0 amide bonds. The Kier molecular flexibility index (Phi) is 8.86. The van der Waals surface area contributed by atoms with Gasteiger partial charge in [0.1, 0.15) is 36.1 Å². The molecule has 45 heavy (non-hydrogen) atoms. The van der Waals surface area contributed by atoms with Crippen molar-refractivity contribution in [3.05, 3.63) is 28.9 Å². The summed E-state index contributed by atoms with van der Waals surface area (Å²) >= 11 is 8.81. The molecule has 2 unspecified atom stereocenters. The van der Waals surface area contributed by atoms with Gasteiger partial charge in [0.05, 0.1) is 25.2 Å². The van der Waals surface area contributed by atoms with Gasteiger partial charge in [-0.25, -0.2) is 18.7 Å². The number of hydrogen-bond donors (Lipinski definition) is 6. The van der Waals surface area contributed by atoms with E-state index in [0.29, 0.717) is 0 Å². The van der Waals surface area contributed by atoms with Crippen LogP contribution in [-0.4, -0.2) is 99.5 Å². The van der Waals surface area contributed by atoms with Crippen LogP contribution in [0.5, 0.6) is 0 Å². The van der Waals surface area contributed by atoms with E-state index in [1.54, 1.807) is 0 Å². The van der Waals surface area contributed by atoms with Crippen LogP contribution in [0, 0.1) is 0 Å². The monoisotopic (exact) mass is 711 g/mol. The Hall–Kier alpha value is -2.82. The van der Waals surface area contributed by atoms with Crippen LogP contribution in [0.1, 0.15) is 12.5 Å². The number of ether oxygens (including phenoxy) is 2. The third-order valence-electron chi connectivity index (χ3n) is 6.94. The lowest BCUT2D eigenvalue weighted by molar-refractivity contribution is -0.0588. The summed E-state index contributed by atoms with van der Waals surface area (Å²) in [5, 5.41) is 17.1. The second-order valence-corrected chi connectivity index (χ2v) is 14.2. The van der Waals surface area contributed by atoms with E-state index in [9.17, 15) is 19.4 Å². The van der Waals surface area contributed by atoms with Gasteiger partial charge in [0, 0.05) is 6.20 Å². The van der Waals surface area contributed by atoms with E-state index in [4.69, 9.17) is 46.3 Å². The number of nitrogens with one attached hydrogen (secondary N) is 1. The quantitative estimate of drug-likeness (QED) is 0.0946. The van der Waals surface area contributed by atoms with Gasteiger partial charge in [-0.15, -0.1) is 9.62 Å². The van der Waals surface area contributed by atoms with Crippen molar-refractivity contribution in [2.24, 2.45) is 0 Å². The standard InChI is InChI=1S/C20H22F2N10O9P2S2/c21-9-7(3-33)38-19(32-16-12(29-30-32)17(34)28-20(24)27-16)14(9)41-43(36,45)37-4-8-13(40-42(35)44)10(22)18(39-8)31-5-26-11-6(23)1-2-25-15(11)31/h1-2,5,7-10,13-14,18-19,33H,3-4H2,(H6-,23,24,25,27,28,30,34,35,36,44,45)/p+1/t7-,8-,9-,10+,13-,14-,18-,19-,43?/m1/s1. The van der Waals surface area contributed by atoms with E-state index < -0.39 is 81.9 Å². The zero-order chi connectivity index (χ0) is 32.2. The summed E-state index contributed by atoms with van der Waals surface area (Å²) in [4.78, 5) is 37.6. The van der Waals surface area contributed by atoms with E-state index in [1.165, 1.54) is 23.2 Å². The highest BCUT2D eigenvalue weighted by Gasteiger charge is 2.53. The summed E-state index contributed by atoms with van der Waals surface area (Å²) < 4.78 is 72.4. The van der Waals surface area contributed by atoms with Crippen LogP contribution in [0.4, 0.5) is 20.4 Å². The third-order valence-corrected chi connectivity index (χ3v) is 9.21. The molecule has 2 aliphatic heterocycles. The molecule has 7 N–H and O–H groups in total. The zero-order valence-corrected chi connectivity index (χ0v) is 25.8. The van der Waals surface area contributed by atoms with Gasteiger partial charge in [-0.3, -0.25) is 18.9 Å². The minimum atomic E-state index is -4.43. The van der Waals surface area contributed by atoms with Crippen LogP contribution in [0.3, 0.4) is 0 Å². The van der Waals surface area contributed by atoms with Gasteiger partial charge >= 0.3 is 13.9 Å². The van der Waals surface area contributed by atoms with Gasteiger partial charge in [-0.2, -0.15) is 9.67 Å². The summed E-state index contributed by atoms with van der Waals surface area (Å²) in [6.45, 7) is -5.93. The van der Waals surface area contributed by atoms with Crippen LogP contribution in [-0.2, 0) is 39.4 Å². The molecule has 242 valence electrons. The van der Waals surface area contributed by atoms with Crippen molar-refractivity contribution in [2.45, 2.75) is 49.2 Å². The largest absolute Gasteiger partial charge is 0.582 e. The van der Waals surface area contributed by atoms with Crippen LogP contribution >= 0.6 is 26.2 Å². The van der Waals surface area contributed by atoms with Crippen molar-refractivity contribution in [1.29, 1.82) is 0 Å². The maximum atomic E-state index is 15.7. The average molecular weight is 712 g/mol. The van der Waals surface area contributed by atoms with Crippen molar-refractivity contribution >= 4 is 72.0 Å². The molecule has 0 aromatic carbocycles. The Morgan fingerprint density at radius 3 is 2.64 bits per heavy atom. The summed E-state index contributed by atoms with van der Waals surface area (Å²) in [5.74, 6) is -0.304. The van der Waals surface area contributed by atoms with Crippen LogP contribution in [0.2, 0.25) is 0 Å². The van der Waals surface area contributed by atoms with Crippen molar-refractivity contribution in [1.82, 2.24) is 39.5 Å². The Morgan fingerprint density at radius 2 is 1.91 bits per heavy atom. The number of aliphatic hydroxyl groups excluding tert-OH is 1. The number of H-pyrrole nitrogens is 1. The topological polar surface area (TPSA) is 263 Å². The highest BCUT2D eigenvalue weighted by molar-refractivity contribution is 8.39. The molecule has 0 bridgehead atoms. The van der Waals surface area contributed by atoms with E-state index in [-0.39, 0.29) is 34.0 Å². The SMILES string of the molecule is Nc1nc2c(nnn2[C@@H]2O[C@H](CO)[C@@H](F)[C@H]2OP(O)(=S)OC[C@H]2O[C@@H](n3cnc4c(N)ccnc43)[C@@H](F)[C@@H]2O[P+](=O)S)c(=O)[nH]1. The lowest BCUT2D eigenvalue weighted by Crippen LogP contribution is -2.34. The molecule has 4 aromatic rings. The van der Waals surface area contributed by atoms with Crippen molar-refractivity contribution in [3.8, 4) is 0 Å². The number of aliphatic hydroxyl groups is 1. The molecule has 0 radical (unpaired) electrons. The van der Waals surface area contributed by atoms with E-state index in [2.05, 4.69) is 42.5 Å². The number of aromatic nitrogens is 8. The molecule has 0 spiro atoms. The van der Waals surface area contributed by atoms with Crippen molar-refractivity contribution in [3.63, 3.8) is 0 Å². The van der Waals surface area contributed by atoms with Crippen LogP contribution in [0.15, 0.2) is 23.4 Å². The fourth-order valence-corrected chi connectivity index (χ4v) is 7.15. The first-order valence-electron chi connectivity index (χ1n) is 12.7. The zero-order valence-electron chi connectivity index (χ0n) is 22.3. The molecule has 2 fully saturated rings. The number of rotatable bonds is 10. The van der Waals surface area contributed by atoms with Gasteiger partial charge < -0.3 is 35.5 Å². The highest BCUT2D eigenvalue weighted by atomic mass is 32.7. The minimum absolute atomic E-state index is 0.187. The highest BCUT2D eigenvalue weighted by Crippen LogP contribution is 2.51. The smallest absolute Gasteiger partial charge is 0.397 e. The molecule has 19 nitrogen and oxygen atoms in total. The number of aromatic amines is 1. The molecule has 4 aromatic heterocycles. The lowest BCUT2D eigenvalue weighted by Gasteiger charge is -2.25. The molecule has 25 heteroatoms. The van der Waals surface area contributed by atoms with Gasteiger partial charge in [0.2, 0.25) is 5.95 Å². The van der Waals surface area contributed by atoms with E-state index in [0.717, 1.165) is 4.68 Å². The fourth-order valence-electron chi connectivity index (χ4n) is 4.95. The number of halogens is 2. The third kappa shape index (κ3) is 6.05. The summed E-state index contributed by atoms with van der Waals surface area (Å²) in [7, 11) is -2.64. The lowest BCUT2D eigenvalue weighted by atomic mass is 10.1. The van der Waals surface area contributed by atoms with Gasteiger partial charge in [0.15, 0.2) is 47.7 Å². The van der Waals surface area contributed by atoms with Crippen LogP contribution in [0.25, 0.3) is 22.3 Å². The molecule has 0 saturated carbocycles. The first-order valence-corrected chi connectivity index (χ1v) is 17.7. The van der Waals surface area contributed by atoms with Crippen LogP contribution < -0.4 is 17.0 Å². The van der Waals surface area contributed by atoms with E-state index >= 15 is 8.78 Å². The van der Waals surface area contributed by atoms with Crippen molar-refractivity contribution < 1.29 is 46.4 Å². The molecule has 6 heterocycles. The van der Waals surface area contributed by atoms with Gasteiger partial charge in [-0.1, -0.05) is 5.21 Å². The number of nitrogens with two attached hydrogens (primary N) is 2. The summed E-state index contributed by atoms with van der Waals surface area (Å²) in [6, 6.07) is 1.51.